The van der Waals surface area contributed by atoms with E-state index in [1.807, 2.05) is 39.8 Å². The maximum Gasteiger partial charge on any atom is 0.337 e. The van der Waals surface area contributed by atoms with E-state index < -0.39 is 17.8 Å². The molecule has 0 amide bonds. The number of carboxylic acids is 2. The van der Waals surface area contributed by atoms with Crippen LogP contribution in [0.4, 0.5) is 31.5 Å². The number of carbonyl (C=O) groups is 2. The molecule has 4 aromatic carbocycles. The van der Waals surface area contributed by atoms with Crippen LogP contribution < -0.4 is 20.1 Å². The Kier molecular flexibility index (Phi) is 12.2. The highest BCUT2D eigenvalue weighted by Crippen LogP contribution is 2.31. The quantitative estimate of drug-likeness (QED) is 0.102. The predicted molar refractivity (Wildman–Crippen MR) is 205 cm³/mol. The second-order valence-electron chi connectivity index (χ2n) is 12.2. The van der Waals surface area contributed by atoms with Gasteiger partial charge in [-0.2, -0.15) is 0 Å². The molecule has 0 unspecified atom stereocenters. The molecule has 6 aromatic rings. The molecule has 0 aliphatic carbocycles. The minimum absolute atomic E-state index is 0.175. The smallest absolute Gasteiger partial charge is 0.337 e. The lowest BCUT2D eigenvalue weighted by atomic mass is 10.0. The highest BCUT2D eigenvalue weighted by atomic mass is 19.1. The lowest BCUT2D eigenvalue weighted by Gasteiger charge is -2.13. The van der Waals surface area contributed by atoms with Crippen LogP contribution in [-0.2, 0) is 0 Å². The Morgan fingerprint density at radius 2 is 1.22 bits per heavy atom. The van der Waals surface area contributed by atoms with Gasteiger partial charge in [0.2, 0.25) is 0 Å². The first kappa shape index (κ1) is 38.4. The Morgan fingerprint density at radius 3 is 1.76 bits per heavy atom. The van der Waals surface area contributed by atoms with E-state index in [2.05, 4.69) is 20.6 Å². The summed E-state index contributed by atoms with van der Waals surface area (Å²) in [5, 5.41) is 24.9. The molecule has 0 saturated heterocycles. The number of aryl methyl sites for hydroxylation is 3. The van der Waals surface area contributed by atoms with Crippen molar-refractivity contribution >= 4 is 34.7 Å². The number of rotatable bonds is 11. The van der Waals surface area contributed by atoms with E-state index >= 15 is 0 Å². The third-order valence-electron chi connectivity index (χ3n) is 8.16. The Morgan fingerprint density at radius 1 is 0.667 bits per heavy atom. The van der Waals surface area contributed by atoms with Crippen LogP contribution >= 0.6 is 0 Å². The first-order chi connectivity index (χ1) is 25.9. The highest BCUT2D eigenvalue weighted by molar-refractivity contribution is 5.96. The summed E-state index contributed by atoms with van der Waals surface area (Å²) in [6.45, 7) is 7.83. The van der Waals surface area contributed by atoms with Crippen molar-refractivity contribution in [3.63, 3.8) is 0 Å². The molecule has 12 heteroatoms. The van der Waals surface area contributed by atoms with Gasteiger partial charge in [0.1, 0.15) is 23.1 Å². The summed E-state index contributed by atoms with van der Waals surface area (Å²) >= 11 is 0. The molecule has 0 fully saturated rings. The molecule has 10 nitrogen and oxygen atoms in total. The largest absolute Gasteiger partial charge is 0.497 e. The van der Waals surface area contributed by atoms with Crippen molar-refractivity contribution in [1.29, 1.82) is 0 Å². The second kappa shape index (κ2) is 17.1. The monoisotopic (exact) mass is 732 g/mol. The number of aromatic carboxylic acids is 2. The number of pyridine rings is 2. The molecule has 0 bridgehead atoms. The van der Waals surface area contributed by atoms with Crippen molar-refractivity contribution in [2.45, 2.75) is 27.7 Å². The third kappa shape index (κ3) is 9.34. The minimum atomic E-state index is -1.01. The van der Waals surface area contributed by atoms with Gasteiger partial charge >= 0.3 is 11.9 Å². The van der Waals surface area contributed by atoms with E-state index in [4.69, 9.17) is 9.47 Å². The number of methoxy groups -OCH3 is 1. The highest BCUT2D eigenvalue weighted by Gasteiger charge is 2.15. The fourth-order valence-electron chi connectivity index (χ4n) is 5.52. The number of nitrogens with one attached hydrogen (secondary N) is 2. The first-order valence-electron chi connectivity index (χ1n) is 16.8. The SMILES string of the molecule is CCOc1ccc(F)c(-c2ccc(Nc3ccc(C)cc3C(=O)O)cn2)c1.COc1ccc(F)c(-c2ncc(Nc3ccc(C)cc3C(=O)O)cc2C)c1. The van der Waals surface area contributed by atoms with Gasteiger partial charge in [0, 0.05) is 11.1 Å². The zero-order valence-electron chi connectivity index (χ0n) is 30.2. The summed E-state index contributed by atoms with van der Waals surface area (Å²) in [6.07, 6.45) is 3.08. The zero-order chi connectivity index (χ0) is 38.9. The van der Waals surface area contributed by atoms with Crippen LogP contribution in [0.25, 0.3) is 22.5 Å². The molecule has 0 atom stereocenters. The predicted octanol–water partition coefficient (Wildman–Crippen LogP) is 9.99. The number of hydrogen-bond acceptors (Lipinski definition) is 8. The number of ether oxygens (including phenoxy) is 2. The average Bonchev–Trinajstić information content (AvgIpc) is 3.15. The van der Waals surface area contributed by atoms with Crippen molar-refractivity contribution in [3.05, 3.63) is 143 Å². The van der Waals surface area contributed by atoms with Crippen molar-refractivity contribution < 1.29 is 38.1 Å². The molecule has 0 saturated carbocycles. The lowest BCUT2D eigenvalue weighted by Crippen LogP contribution is -2.04. The van der Waals surface area contributed by atoms with E-state index in [9.17, 15) is 28.6 Å². The number of benzene rings is 4. The van der Waals surface area contributed by atoms with Gasteiger partial charge in [-0.15, -0.1) is 0 Å². The van der Waals surface area contributed by atoms with Crippen LogP contribution in [-0.4, -0.2) is 45.8 Å². The van der Waals surface area contributed by atoms with Crippen molar-refractivity contribution in [1.82, 2.24) is 9.97 Å². The molecule has 54 heavy (non-hydrogen) atoms. The summed E-state index contributed by atoms with van der Waals surface area (Å²) in [6, 6.07) is 24.5. The van der Waals surface area contributed by atoms with Gasteiger partial charge in [-0.3, -0.25) is 9.97 Å². The number of nitrogens with zero attached hydrogens (tertiary/aromatic N) is 2. The molecule has 0 aliphatic rings. The van der Waals surface area contributed by atoms with Gasteiger partial charge in [0.25, 0.3) is 0 Å². The Balaban J connectivity index is 0.000000208. The first-order valence-corrected chi connectivity index (χ1v) is 16.8. The van der Waals surface area contributed by atoms with Gasteiger partial charge in [0.05, 0.1) is 71.4 Å². The molecular weight excluding hydrogens is 694 g/mol. The maximum absolute atomic E-state index is 14.2. The van der Waals surface area contributed by atoms with Gasteiger partial charge < -0.3 is 30.3 Å². The molecule has 0 aliphatic heterocycles. The van der Waals surface area contributed by atoms with Gasteiger partial charge in [0.15, 0.2) is 0 Å². The number of carboxylic acid groups (broad SMARTS) is 2. The number of anilines is 4. The van der Waals surface area contributed by atoms with E-state index in [0.717, 1.165) is 16.7 Å². The zero-order valence-corrected chi connectivity index (χ0v) is 30.2. The van der Waals surface area contributed by atoms with Crippen LogP contribution in [0.3, 0.4) is 0 Å². The molecule has 0 spiro atoms. The molecule has 6 rings (SSSR count). The minimum Gasteiger partial charge on any atom is -0.497 e. The molecule has 2 heterocycles. The van der Waals surface area contributed by atoms with Crippen LogP contribution in [0, 0.1) is 32.4 Å². The molecule has 0 radical (unpaired) electrons. The van der Waals surface area contributed by atoms with Gasteiger partial charge in [-0.05, 0) is 112 Å². The Bertz CT molecular complexity index is 2310. The number of halogens is 2. The van der Waals surface area contributed by atoms with Gasteiger partial charge in [-0.25, -0.2) is 18.4 Å². The summed E-state index contributed by atoms with van der Waals surface area (Å²) in [4.78, 5) is 31.5. The van der Waals surface area contributed by atoms with Crippen molar-refractivity contribution in [3.8, 4) is 34.0 Å². The summed E-state index contributed by atoms with van der Waals surface area (Å²) in [5.41, 5.74) is 6.61. The standard InChI is InChI=1S/2C21H19FN2O3/c1-12-4-7-19(17(8-12)21(25)26)24-14-9-13(2)20(23-11-14)16-10-15(27-3)5-6-18(16)22;1-3-27-15-6-7-18(22)16(11-15)19-9-5-14(12-23-19)24-20-8-4-13(2)10-17(20)21(25)26/h4-11,24H,1-3H3,(H,25,26);4-12,24H,3H2,1-2H3,(H,25,26). The topological polar surface area (TPSA) is 143 Å². The second-order valence-corrected chi connectivity index (χ2v) is 12.2. The number of hydrogen-bond donors (Lipinski definition) is 4. The molecule has 276 valence electrons. The lowest BCUT2D eigenvalue weighted by molar-refractivity contribution is 0.0687. The van der Waals surface area contributed by atoms with Crippen LogP contribution in [0.1, 0.15) is 44.3 Å². The van der Waals surface area contributed by atoms with Crippen LogP contribution in [0.2, 0.25) is 0 Å². The summed E-state index contributed by atoms with van der Waals surface area (Å²) in [5.74, 6) is -1.69. The van der Waals surface area contributed by atoms with Gasteiger partial charge in [-0.1, -0.05) is 23.3 Å². The molecule has 4 N–H and O–H groups in total. The number of aromatic nitrogens is 2. The van der Waals surface area contributed by atoms with E-state index in [1.165, 1.54) is 25.4 Å². The van der Waals surface area contributed by atoms with E-state index in [1.54, 1.807) is 72.9 Å². The maximum atomic E-state index is 14.2. The fraction of sp³-hybridized carbons (Fsp3) is 0.143. The normalized spacial score (nSPS) is 10.5. The fourth-order valence-corrected chi connectivity index (χ4v) is 5.52. The summed E-state index contributed by atoms with van der Waals surface area (Å²) < 4.78 is 38.9. The molecule has 2 aromatic heterocycles. The van der Waals surface area contributed by atoms with Crippen molar-refractivity contribution in [2.24, 2.45) is 0 Å². The third-order valence-corrected chi connectivity index (χ3v) is 8.16. The van der Waals surface area contributed by atoms with E-state index in [0.29, 0.717) is 63.4 Å². The van der Waals surface area contributed by atoms with Crippen LogP contribution in [0.5, 0.6) is 11.5 Å². The molecular formula is C42H38F2N4O6. The van der Waals surface area contributed by atoms with Crippen molar-refractivity contribution in [2.75, 3.05) is 24.4 Å². The Hall–Kier alpha value is -6.82. The summed E-state index contributed by atoms with van der Waals surface area (Å²) in [7, 11) is 1.52. The van der Waals surface area contributed by atoms with Crippen LogP contribution in [0.15, 0.2) is 103 Å². The average molecular weight is 733 g/mol. The Labute approximate surface area is 311 Å². The van der Waals surface area contributed by atoms with E-state index in [-0.39, 0.29) is 16.9 Å².